The summed E-state index contributed by atoms with van der Waals surface area (Å²) in [7, 11) is 0. The van der Waals surface area contributed by atoms with E-state index >= 15 is 0 Å². The average molecular weight is 253 g/mol. The first-order chi connectivity index (χ1) is 8.20. The van der Waals surface area contributed by atoms with E-state index in [1.54, 1.807) is 0 Å². The third-order valence-corrected chi connectivity index (χ3v) is 2.82. The number of rotatable bonds is 4. The highest BCUT2D eigenvalue weighted by Crippen LogP contribution is 2.22. The van der Waals surface area contributed by atoms with Gasteiger partial charge in [-0.2, -0.15) is 0 Å². The van der Waals surface area contributed by atoms with Gasteiger partial charge in [-0.1, -0.05) is 11.6 Å². The van der Waals surface area contributed by atoms with Crippen molar-refractivity contribution in [1.29, 1.82) is 0 Å². The van der Waals surface area contributed by atoms with Crippen molar-refractivity contribution in [2.75, 3.05) is 13.2 Å². The number of fused-ring (bicyclic) bond motifs is 1. The number of nitrogens with one attached hydrogen (secondary N) is 2. The predicted octanol–water partition coefficient (Wildman–Crippen LogP) is 1.47. The number of H-pyrrole nitrogens is 1. The summed E-state index contributed by atoms with van der Waals surface area (Å²) in [4.78, 5) is 14.0. The second-order valence-corrected chi connectivity index (χ2v) is 4.20. The van der Waals surface area contributed by atoms with Crippen LogP contribution in [-0.2, 0) is 11.2 Å². The number of aliphatic hydroxyl groups excluding tert-OH is 1. The molecular weight excluding hydrogens is 240 g/mol. The monoisotopic (exact) mass is 252 g/mol. The quantitative estimate of drug-likeness (QED) is 0.772. The molecule has 2 rings (SSSR count). The lowest BCUT2D eigenvalue weighted by Crippen LogP contribution is -2.28. The molecule has 4 nitrogen and oxygen atoms in total. The first-order valence-corrected chi connectivity index (χ1v) is 5.71. The molecule has 0 aliphatic carbocycles. The number of benzene rings is 1. The maximum atomic E-state index is 10.9. The number of hydrogen-bond acceptors (Lipinski definition) is 2. The van der Waals surface area contributed by atoms with Crippen LogP contribution in [0.25, 0.3) is 10.9 Å². The summed E-state index contributed by atoms with van der Waals surface area (Å²) in [6.45, 7) is 0.0264. The van der Waals surface area contributed by atoms with Gasteiger partial charge in [0.05, 0.1) is 0 Å². The number of halogens is 1. The van der Waals surface area contributed by atoms with E-state index < -0.39 is 6.61 Å². The summed E-state index contributed by atoms with van der Waals surface area (Å²) in [6.07, 6.45) is 2.61. The molecule has 0 aliphatic heterocycles. The molecule has 0 spiro atoms. The number of hydrogen-bond donors (Lipinski definition) is 3. The van der Waals surface area contributed by atoms with Crippen molar-refractivity contribution in [2.45, 2.75) is 6.42 Å². The molecule has 17 heavy (non-hydrogen) atoms. The van der Waals surface area contributed by atoms with E-state index in [2.05, 4.69) is 10.3 Å². The Morgan fingerprint density at radius 3 is 3.06 bits per heavy atom. The fourth-order valence-electron chi connectivity index (χ4n) is 1.75. The number of carbonyl (C=O) groups is 1. The van der Waals surface area contributed by atoms with Crippen LogP contribution in [-0.4, -0.2) is 29.1 Å². The zero-order chi connectivity index (χ0) is 12.3. The third-order valence-electron chi connectivity index (χ3n) is 2.59. The van der Waals surface area contributed by atoms with Crippen LogP contribution < -0.4 is 5.32 Å². The SMILES string of the molecule is O=C(CO)NCCc1c[nH]c2ccc(Cl)cc12. The van der Waals surface area contributed by atoms with Crippen molar-refractivity contribution in [3.05, 3.63) is 35.0 Å². The van der Waals surface area contributed by atoms with Gasteiger partial charge in [-0.05, 0) is 30.2 Å². The first-order valence-electron chi connectivity index (χ1n) is 5.34. The van der Waals surface area contributed by atoms with E-state index in [0.29, 0.717) is 18.0 Å². The van der Waals surface area contributed by atoms with E-state index in [-0.39, 0.29) is 5.91 Å². The van der Waals surface area contributed by atoms with Crippen molar-refractivity contribution in [3.63, 3.8) is 0 Å². The van der Waals surface area contributed by atoms with Crippen LogP contribution >= 0.6 is 11.6 Å². The molecule has 2 aromatic rings. The van der Waals surface area contributed by atoms with Gasteiger partial charge in [0.25, 0.3) is 0 Å². The zero-order valence-electron chi connectivity index (χ0n) is 9.16. The summed E-state index contributed by atoms with van der Waals surface area (Å²) >= 11 is 5.94. The Labute approximate surface area is 104 Å². The Hall–Kier alpha value is -1.52. The maximum absolute atomic E-state index is 10.9. The summed E-state index contributed by atoms with van der Waals surface area (Å²) in [5, 5.41) is 12.9. The fourth-order valence-corrected chi connectivity index (χ4v) is 1.92. The average Bonchev–Trinajstić information content (AvgIpc) is 2.72. The van der Waals surface area contributed by atoms with E-state index in [9.17, 15) is 4.79 Å². The number of aliphatic hydroxyl groups is 1. The lowest BCUT2D eigenvalue weighted by molar-refractivity contribution is -0.123. The van der Waals surface area contributed by atoms with Crippen LogP contribution in [0.15, 0.2) is 24.4 Å². The molecule has 1 amide bonds. The van der Waals surface area contributed by atoms with E-state index in [0.717, 1.165) is 16.5 Å². The van der Waals surface area contributed by atoms with Crippen LogP contribution in [0.4, 0.5) is 0 Å². The van der Waals surface area contributed by atoms with Gasteiger partial charge in [0.1, 0.15) is 6.61 Å². The number of amides is 1. The smallest absolute Gasteiger partial charge is 0.245 e. The Morgan fingerprint density at radius 2 is 2.29 bits per heavy atom. The molecule has 1 heterocycles. The second kappa shape index (κ2) is 5.21. The highest BCUT2D eigenvalue weighted by atomic mass is 35.5. The first kappa shape index (κ1) is 12.0. The largest absolute Gasteiger partial charge is 0.387 e. The molecule has 90 valence electrons. The maximum Gasteiger partial charge on any atom is 0.245 e. The normalized spacial score (nSPS) is 10.7. The third kappa shape index (κ3) is 2.78. The van der Waals surface area contributed by atoms with Crippen molar-refractivity contribution in [3.8, 4) is 0 Å². The van der Waals surface area contributed by atoms with Gasteiger partial charge < -0.3 is 15.4 Å². The molecule has 1 aromatic carbocycles. The van der Waals surface area contributed by atoms with Crippen LogP contribution in [0.2, 0.25) is 5.02 Å². The zero-order valence-corrected chi connectivity index (χ0v) is 9.92. The molecule has 0 bridgehead atoms. The summed E-state index contributed by atoms with van der Waals surface area (Å²) in [6, 6.07) is 5.65. The summed E-state index contributed by atoms with van der Waals surface area (Å²) in [5.41, 5.74) is 2.12. The molecule has 0 unspecified atom stereocenters. The molecule has 0 aliphatic rings. The van der Waals surface area contributed by atoms with Crippen molar-refractivity contribution < 1.29 is 9.90 Å². The molecule has 1 aromatic heterocycles. The van der Waals surface area contributed by atoms with E-state index in [1.165, 1.54) is 0 Å². The number of aromatic nitrogens is 1. The molecule has 0 saturated heterocycles. The van der Waals surface area contributed by atoms with Gasteiger partial charge in [-0.15, -0.1) is 0 Å². The topological polar surface area (TPSA) is 65.1 Å². The standard InChI is InChI=1S/C12H13ClN2O2/c13-9-1-2-11-10(5-9)8(6-15-11)3-4-14-12(17)7-16/h1-2,5-6,15-16H,3-4,7H2,(H,14,17). The Kier molecular flexibility index (Phi) is 3.66. The Balaban J connectivity index is 2.08. The van der Waals surface area contributed by atoms with Crippen molar-refractivity contribution in [2.24, 2.45) is 0 Å². The molecule has 0 fully saturated rings. The summed E-state index contributed by atoms with van der Waals surface area (Å²) in [5.74, 6) is -0.358. The number of aromatic amines is 1. The fraction of sp³-hybridized carbons (Fsp3) is 0.250. The van der Waals surface area contributed by atoms with Crippen LogP contribution in [0.5, 0.6) is 0 Å². The molecule has 3 N–H and O–H groups in total. The van der Waals surface area contributed by atoms with Gasteiger partial charge in [0, 0.05) is 28.7 Å². The van der Waals surface area contributed by atoms with Gasteiger partial charge in [-0.25, -0.2) is 0 Å². The van der Waals surface area contributed by atoms with Crippen molar-refractivity contribution in [1.82, 2.24) is 10.3 Å². The summed E-state index contributed by atoms with van der Waals surface area (Å²) < 4.78 is 0. The van der Waals surface area contributed by atoms with E-state index in [4.69, 9.17) is 16.7 Å². The minimum Gasteiger partial charge on any atom is -0.387 e. The van der Waals surface area contributed by atoms with Gasteiger partial charge in [0.15, 0.2) is 0 Å². The van der Waals surface area contributed by atoms with E-state index in [1.807, 2.05) is 24.4 Å². The predicted molar refractivity (Wildman–Crippen MR) is 67.1 cm³/mol. The van der Waals surface area contributed by atoms with Crippen LogP contribution in [0.3, 0.4) is 0 Å². The minimum absolute atomic E-state index is 0.358. The van der Waals surface area contributed by atoms with Gasteiger partial charge >= 0.3 is 0 Å². The van der Waals surface area contributed by atoms with Gasteiger partial charge in [0.2, 0.25) is 5.91 Å². The molecule has 0 atom stereocenters. The molecule has 0 radical (unpaired) electrons. The minimum atomic E-state index is -0.473. The molecule has 0 saturated carbocycles. The van der Waals surface area contributed by atoms with Crippen LogP contribution in [0.1, 0.15) is 5.56 Å². The Morgan fingerprint density at radius 1 is 1.47 bits per heavy atom. The lowest BCUT2D eigenvalue weighted by atomic mass is 10.1. The van der Waals surface area contributed by atoms with Crippen LogP contribution in [0, 0.1) is 0 Å². The molecule has 5 heteroatoms. The highest BCUT2D eigenvalue weighted by molar-refractivity contribution is 6.31. The number of carbonyl (C=O) groups excluding carboxylic acids is 1. The second-order valence-electron chi connectivity index (χ2n) is 3.76. The Bertz CT molecular complexity index is 536. The molecular formula is C12H13ClN2O2. The van der Waals surface area contributed by atoms with Crippen molar-refractivity contribution >= 4 is 28.4 Å². The van der Waals surface area contributed by atoms with Gasteiger partial charge in [-0.3, -0.25) is 4.79 Å². The highest BCUT2D eigenvalue weighted by Gasteiger charge is 2.04. The lowest BCUT2D eigenvalue weighted by Gasteiger charge is -2.02.